The lowest BCUT2D eigenvalue weighted by molar-refractivity contribution is 0.0597. The molecule has 0 bridgehead atoms. The number of ether oxygens (including phenoxy) is 1. The fourth-order valence-electron chi connectivity index (χ4n) is 1.38. The second-order valence-corrected chi connectivity index (χ2v) is 7.23. The smallest absolute Gasteiger partial charge is 0.341 e. The summed E-state index contributed by atoms with van der Waals surface area (Å²) in [6, 6.07) is 6.46. The van der Waals surface area contributed by atoms with Crippen molar-refractivity contribution in [2.75, 3.05) is 11.8 Å². The Labute approximate surface area is 137 Å². The van der Waals surface area contributed by atoms with E-state index >= 15 is 0 Å². The summed E-state index contributed by atoms with van der Waals surface area (Å²) >= 11 is 12.1. The van der Waals surface area contributed by atoms with Crippen LogP contribution in [0.5, 0.6) is 5.75 Å². The molecule has 2 N–H and O–H groups in total. The molecule has 20 heavy (non-hydrogen) atoms. The number of methoxy groups -OCH3 is 1. The van der Waals surface area contributed by atoms with E-state index in [-0.39, 0.29) is 11.3 Å². The Morgan fingerprint density at radius 1 is 1.50 bits per heavy atom. The maximum atomic E-state index is 11.3. The third-order valence-electron chi connectivity index (χ3n) is 2.29. The summed E-state index contributed by atoms with van der Waals surface area (Å²) in [6.45, 7) is 0. The molecule has 1 aromatic carbocycles. The Hall–Kier alpha value is -0.890. The number of carbonyl (C=O) groups excluding carboxylic acids is 1. The second-order valence-electron chi connectivity index (χ2n) is 3.61. The highest BCUT2D eigenvalue weighted by Gasteiger charge is 2.12. The number of hydrogen-bond acceptors (Lipinski definition) is 6. The predicted molar refractivity (Wildman–Crippen MR) is 86.0 cm³/mol. The molecule has 4 nitrogen and oxygen atoms in total. The molecule has 0 fully saturated rings. The van der Waals surface area contributed by atoms with Crippen molar-refractivity contribution in [2.24, 2.45) is 0 Å². The number of rotatable bonds is 4. The van der Waals surface area contributed by atoms with Crippen molar-refractivity contribution in [1.29, 1.82) is 0 Å². The van der Waals surface area contributed by atoms with Gasteiger partial charge in [-0.15, -0.1) is 11.3 Å². The molecular formula is C12H9BrClNO3S2. The number of hydrogen-bond donors (Lipinski definition) is 2. The molecule has 0 aliphatic heterocycles. The van der Waals surface area contributed by atoms with Crippen LogP contribution >= 0.6 is 50.8 Å². The number of thiophene rings is 1. The van der Waals surface area contributed by atoms with Gasteiger partial charge in [0.25, 0.3) is 0 Å². The van der Waals surface area contributed by atoms with E-state index in [1.807, 2.05) is 6.07 Å². The SMILES string of the molecule is COC(=O)c1ccc(NSc2sc(Cl)cc2Br)cc1O. The van der Waals surface area contributed by atoms with Crippen LogP contribution in [0.3, 0.4) is 0 Å². The Kier molecular flexibility index (Phi) is 5.20. The highest BCUT2D eigenvalue weighted by atomic mass is 79.9. The van der Waals surface area contributed by atoms with Crippen LogP contribution < -0.4 is 4.72 Å². The quantitative estimate of drug-likeness (QED) is 0.577. The minimum atomic E-state index is -0.575. The molecule has 0 spiro atoms. The first-order valence-electron chi connectivity index (χ1n) is 5.30. The number of halogens is 2. The van der Waals surface area contributed by atoms with Crippen molar-refractivity contribution in [2.45, 2.75) is 4.21 Å². The van der Waals surface area contributed by atoms with Gasteiger partial charge in [-0.3, -0.25) is 0 Å². The molecule has 2 rings (SSSR count). The van der Waals surface area contributed by atoms with E-state index in [9.17, 15) is 9.90 Å². The molecule has 0 aliphatic rings. The van der Waals surface area contributed by atoms with Crippen LogP contribution in [0.4, 0.5) is 5.69 Å². The van der Waals surface area contributed by atoms with E-state index in [2.05, 4.69) is 25.4 Å². The number of benzene rings is 1. The number of phenolic OH excluding ortho intramolecular Hbond substituents is 1. The zero-order valence-electron chi connectivity index (χ0n) is 10.1. The summed E-state index contributed by atoms with van der Waals surface area (Å²) in [6.07, 6.45) is 0. The molecule has 0 saturated carbocycles. The Bertz CT molecular complexity index is 648. The Balaban J connectivity index is 2.09. The van der Waals surface area contributed by atoms with E-state index in [0.29, 0.717) is 10.0 Å². The highest BCUT2D eigenvalue weighted by molar-refractivity contribution is 9.10. The average molecular weight is 395 g/mol. The molecular weight excluding hydrogens is 386 g/mol. The van der Waals surface area contributed by atoms with Crippen LogP contribution in [0.1, 0.15) is 10.4 Å². The zero-order valence-corrected chi connectivity index (χ0v) is 14.1. The molecule has 0 unspecified atom stereocenters. The summed E-state index contributed by atoms with van der Waals surface area (Å²) in [4.78, 5) is 11.3. The van der Waals surface area contributed by atoms with E-state index in [1.165, 1.54) is 42.5 Å². The molecule has 0 amide bonds. The van der Waals surface area contributed by atoms with Gasteiger partial charge in [-0.05, 0) is 46.1 Å². The van der Waals surface area contributed by atoms with Gasteiger partial charge >= 0.3 is 5.97 Å². The topological polar surface area (TPSA) is 58.6 Å². The number of nitrogens with one attached hydrogen (secondary N) is 1. The van der Waals surface area contributed by atoms with Crippen molar-refractivity contribution >= 4 is 62.5 Å². The van der Waals surface area contributed by atoms with E-state index in [0.717, 1.165) is 8.68 Å². The van der Waals surface area contributed by atoms with Crippen molar-refractivity contribution in [1.82, 2.24) is 0 Å². The first kappa shape index (κ1) is 15.5. The van der Waals surface area contributed by atoms with Gasteiger partial charge in [0.15, 0.2) is 0 Å². The van der Waals surface area contributed by atoms with E-state index in [4.69, 9.17) is 11.6 Å². The minimum Gasteiger partial charge on any atom is -0.507 e. The van der Waals surface area contributed by atoms with Gasteiger partial charge in [0.05, 0.1) is 15.7 Å². The number of aromatic hydroxyl groups is 1. The largest absolute Gasteiger partial charge is 0.507 e. The van der Waals surface area contributed by atoms with Crippen LogP contribution in [0.15, 0.2) is 32.9 Å². The lowest BCUT2D eigenvalue weighted by atomic mass is 10.2. The third-order valence-corrected chi connectivity index (χ3v) is 5.74. The van der Waals surface area contributed by atoms with Crippen LogP contribution in [0.25, 0.3) is 0 Å². The average Bonchev–Trinajstić information content (AvgIpc) is 2.74. The lowest BCUT2D eigenvalue weighted by Crippen LogP contribution is -2.01. The Morgan fingerprint density at radius 2 is 2.25 bits per heavy atom. The first-order valence-corrected chi connectivity index (χ1v) is 8.10. The minimum absolute atomic E-state index is 0.128. The first-order chi connectivity index (χ1) is 9.51. The van der Waals surface area contributed by atoms with Crippen molar-refractivity contribution < 1.29 is 14.6 Å². The third kappa shape index (κ3) is 3.60. The molecule has 0 radical (unpaired) electrons. The van der Waals surface area contributed by atoms with Gasteiger partial charge in [0.1, 0.15) is 11.3 Å². The second kappa shape index (κ2) is 6.71. The number of esters is 1. The number of anilines is 1. The van der Waals surface area contributed by atoms with Gasteiger partial charge in [0, 0.05) is 16.2 Å². The number of carbonyl (C=O) groups is 1. The maximum Gasteiger partial charge on any atom is 0.341 e. The fraction of sp³-hybridized carbons (Fsp3) is 0.0833. The van der Waals surface area contributed by atoms with Gasteiger partial charge in [-0.25, -0.2) is 4.79 Å². The molecule has 2 aromatic rings. The molecule has 0 aliphatic carbocycles. The van der Waals surface area contributed by atoms with E-state index in [1.54, 1.807) is 6.07 Å². The molecule has 0 saturated heterocycles. The molecule has 1 aromatic heterocycles. The summed E-state index contributed by atoms with van der Waals surface area (Å²) in [5.41, 5.74) is 0.792. The Morgan fingerprint density at radius 3 is 2.80 bits per heavy atom. The normalized spacial score (nSPS) is 10.3. The summed E-state index contributed by atoms with van der Waals surface area (Å²) in [7, 11) is 1.27. The van der Waals surface area contributed by atoms with Gasteiger partial charge in [0.2, 0.25) is 0 Å². The summed E-state index contributed by atoms with van der Waals surface area (Å²) in [5, 5.41) is 9.77. The number of phenols is 1. The molecule has 1 heterocycles. The highest BCUT2D eigenvalue weighted by Crippen LogP contribution is 2.38. The lowest BCUT2D eigenvalue weighted by Gasteiger charge is -2.07. The maximum absolute atomic E-state index is 11.3. The zero-order chi connectivity index (χ0) is 14.7. The molecule has 0 atom stereocenters. The van der Waals surface area contributed by atoms with Gasteiger partial charge < -0.3 is 14.6 Å². The van der Waals surface area contributed by atoms with Gasteiger partial charge in [-0.1, -0.05) is 11.6 Å². The van der Waals surface area contributed by atoms with Crippen LogP contribution in [0, 0.1) is 0 Å². The van der Waals surface area contributed by atoms with Gasteiger partial charge in [-0.2, -0.15) is 0 Å². The molecule has 8 heteroatoms. The van der Waals surface area contributed by atoms with Crippen molar-refractivity contribution in [3.8, 4) is 5.75 Å². The fourth-order valence-corrected chi connectivity index (χ4v) is 4.42. The predicted octanol–water partition coefficient (Wildman–Crippen LogP) is 4.78. The summed E-state index contributed by atoms with van der Waals surface area (Å²) in [5.74, 6) is -0.708. The van der Waals surface area contributed by atoms with Crippen LogP contribution in [-0.4, -0.2) is 18.2 Å². The van der Waals surface area contributed by atoms with Crippen LogP contribution in [-0.2, 0) is 4.74 Å². The van der Waals surface area contributed by atoms with Crippen LogP contribution in [0.2, 0.25) is 4.34 Å². The van der Waals surface area contributed by atoms with E-state index < -0.39 is 5.97 Å². The van der Waals surface area contributed by atoms with Crippen molar-refractivity contribution in [3.63, 3.8) is 0 Å². The van der Waals surface area contributed by atoms with Crippen molar-refractivity contribution in [3.05, 3.63) is 38.6 Å². The molecule has 106 valence electrons. The monoisotopic (exact) mass is 393 g/mol. The summed E-state index contributed by atoms with van der Waals surface area (Å²) < 4.78 is 10.2. The standard InChI is InChI=1S/C12H9BrClNO3S2/c1-18-11(17)7-3-2-6(4-9(7)16)15-20-12-8(13)5-10(14)19-12/h2-5,15-16H,1H3.